The van der Waals surface area contributed by atoms with Crippen LogP contribution in [0.15, 0.2) is 0 Å². The van der Waals surface area contributed by atoms with E-state index in [2.05, 4.69) is 6.92 Å². The minimum atomic E-state index is -2.84. The van der Waals surface area contributed by atoms with Crippen LogP contribution < -0.4 is 0 Å². The highest BCUT2D eigenvalue weighted by Crippen LogP contribution is 2.20. The summed E-state index contributed by atoms with van der Waals surface area (Å²) in [6.07, 6.45) is 1.03. The molecule has 0 bridgehead atoms. The highest BCUT2D eigenvalue weighted by Gasteiger charge is 2.25. The first-order valence-corrected chi connectivity index (χ1v) is 5.22. The third-order valence-electron chi connectivity index (χ3n) is 2.92. The maximum absolute atomic E-state index is 12.1. The molecule has 82 valence electrons. The fraction of sp³-hybridized carbons (Fsp3) is 0.900. The number of carbonyl (C=O) groups excluding carboxylic acids is 1. The Balaban J connectivity index is 2.45. The molecule has 0 aromatic rings. The average Bonchev–Trinajstić information content (AvgIpc) is 2.41. The van der Waals surface area contributed by atoms with Gasteiger partial charge in [-0.1, -0.05) is 13.3 Å². The number of halogens is 2. The van der Waals surface area contributed by atoms with Crippen LogP contribution in [-0.2, 0) is 4.79 Å². The Morgan fingerprint density at radius 2 is 2.14 bits per heavy atom. The number of carbonyl (C=O) groups is 1. The monoisotopic (exact) mass is 205 g/mol. The van der Waals surface area contributed by atoms with Crippen molar-refractivity contribution >= 4 is 5.91 Å². The normalized spacial score (nSPS) is 23.7. The number of likely N-dealkylation sites (tertiary alicyclic amines) is 1. The third-order valence-corrected chi connectivity index (χ3v) is 2.92. The lowest BCUT2D eigenvalue weighted by Gasteiger charge is -2.19. The molecule has 0 aliphatic carbocycles. The van der Waals surface area contributed by atoms with E-state index in [1.54, 1.807) is 0 Å². The first-order valence-electron chi connectivity index (χ1n) is 5.22. The van der Waals surface area contributed by atoms with Gasteiger partial charge in [0, 0.05) is 13.1 Å². The van der Waals surface area contributed by atoms with Crippen LogP contribution >= 0.6 is 0 Å². The first-order chi connectivity index (χ1) is 6.65. The molecule has 0 radical (unpaired) electrons. The second kappa shape index (κ2) is 5.27. The largest absolute Gasteiger partial charge is 0.338 e. The van der Waals surface area contributed by atoms with Crippen LogP contribution in [0.1, 0.15) is 32.6 Å². The van der Waals surface area contributed by atoms with E-state index in [9.17, 15) is 13.6 Å². The summed E-state index contributed by atoms with van der Waals surface area (Å²) >= 11 is 0. The summed E-state index contributed by atoms with van der Waals surface area (Å²) in [6.45, 7) is 3.11. The quantitative estimate of drug-likeness (QED) is 0.677. The van der Waals surface area contributed by atoms with Crippen molar-refractivity contribution in [2.75, 3.05) is 13.1 Å². The van der Waals surface area contributed by atoms with Gasteiger partial charge in [-0.05, 0) is 25.2 Å². The van der Waals surface area contributed by atoms with Gasteiger partial charge in [-0.15, -0.1) is 0 Å². The van der Waals surface area contributed by atoms with E-state index < -0.39 is 12.3 Å². The van der Waals surface area contributed by atoms with E-state index in [4.69, 9.17) is 0 Å². The minimum absolute atomic E-state index is 0.500. The number of hydrogen-bond acceptors (Lipinski definition) is 1. The Kier molecular flexibility index (Phi) is 4.29. The summed E-state index contributed by atoms with van der Waals surface area (Å²) in [7, 11) is 0. The molecule has 1 rings (SSSR count). The predicted octanol–water partition coefficient (Wildman–Crippen LogP) is 2.29. The van der Waals surface area contributed by atoms with Gasteiger partial charge >= 0.3 is 6.43 Å². The molecule has 1 aliphatic rings. The van der Waals surface area contributed by atoms with E-state index in [1.165, 1.54) is 4.90 Å². The Labute approximate surface area is 83.3 Å². The van der Waals surface area contributed by atoms with E-state index in [1.807, 2.05) is 0 Å². The van der Waals surface area contributed by atoms with Gasteiger partial charge in [0.2, 0.25) is 0 Å². The standard InChI is InChI=1S/C10H17F2NO/c1-2-8-4-3-6-13(7-5-8)10(14)9(11)12/h8-9H,2-7H2,1H3. The molecule has 0 aromatic carbocycles. The lowest BCUT2D eigenvalue weighted by atomic mass is 9.98. The molecule has 1 aliphatic heterocycles. The van der Waals surface area contributed by atoms with Crippen LogP contribution in [0.25, 0.3) is 0 Å². The fourth-order valence-electron chi connectivity index (χ4n) is 1.93. The molecule has 1 saturated heterocycles. The predicted molar refractivity (Wildman–Crippen MR) is 50.2 cm³/mol. The smallest absolute Gasteiger partial charge is 0.315 e. The highest BCUT2D eigenvalue weighted by atomic mass is 19.3. The van der Waals surface area contributed by atoms with Gasteiger partial charge in [-0.3, -0.25) is 4.79 Å². The number of rotatable bonds is 2. The van der Waals surface area contributed by atoms with Crippen molar-refractivity contribution < 1.29 is 13.6 Å². The molecule has 0 N–H and O–H groups in total. The van der Waals surface area contributed by atoms with Crippen LogP contribution in [0.4, 0.5) is 8.78 Å². The lowest BCUT2D eigenvalue weighted by Crippen LogP contribution is -2.36. The van der Waals surface area contributed by atoms with Crippen LogP contribution in [0.3, 0.4) is 0 Å². The molecular formula is C10H17F2NO. The molecule has 4 heteroatoms. The van der Waals surface area contributed by atoms with Gasteiger partial charge in [-0.25, -0.2) is 0 Å². The van der Waals surface area contributed by atoms with Gasteiger partial charge in [0.05, 0.1) is 0 Å². The molecule has 1 atom stereocenters. The van der Waals surface area contributed by atoms with Crippen molar-refractivity contribution in [1.29, 1.82) is 0 Å². The summed E-state index contributed by atoms with van der Waals surface area (Å²) in [5, 5.41) is 0. The summed E-state index contributed by atoms with van der Waals surface area (Å²) in [6, 6.07) is 0. The van der Waals surface area contributed by atoms with Crippen LogP contribution in [-0.4, -0.2) is 30.3 Å². The van der Waals surface area contributed by atoms with Crippen LogP contribution in [0.5, 0.6) is 0 Å². The number of amides is 1. The maximum Gasteiger partial charge on any atom is 0.315 e. The van der Waals surface area contributed by atoms with Crippen molar-refractivity contribution in [3.8, 4) is 0 Å². The Bertz CT molecular complexity index is 197. The zero-order valence-corrected chi connectivity index (χ0v) is 8.51. The number of alkyl halides is 2. The second-order valence-corrected chi connectivity index (χ2v) is 3.83. The SMILES string of the molecule is CCC1CCCN(C(=O)C(F)F)CC1. The van der Waals surface area contributed by atoms with Crippen molar-refractivity contribution in [3.05, 3.63) is 0 Å². The molecule has 14 heavy (non-hydrogen) atoms. The average molecular weight is 205 g/mol. The Morgan fingerprint density at radius 3 is 2.71 bits per heavy atom. The van der Waals surface area contributed by atoms with Crippen molar-refractivity contribution in [2.45, 2.75) is 39.0 Å². The maximum atomic E-state index is 12.1. The summed E-state index contributed by atoms with van der Waals surface area (Å²) in [5.41, 5.74) is 0. The number of hydrogen-bond donors (Lipinski definition) is 0. The molecule has 1 fully saturated rings. The fourth-order valence-corrected chi connectivity index (χ4v) is 1.93. The summed E-state index contributed by atoms with van der Waals surface area (Å²) < 4.78 is 24.3. The molecule has 1 amide bonds. The molecule has 2 nitrogen and oxygen atoms in total. The molecule has 0 aromatic heterocycles. The first kappa shape index (κ1) is 11.4. The summed E-state index contributed by atoms with van der Waals surface area (Å²) in [5.74, 6) is -0.396. The van der Waals surface area contributed by atoms with Crippen LogP contribution in [0, 0.1) is 5.92 Å². The van der Waals surface area contributed by atoms with Gasteiger partial charge < -0.3 is 4.90 Å². The van der Waals surface area contributed by atoms with Crippen molar-refractivity contribution in [3.63, 3.8) is 0 Å². The van der Waals surface area contributed by atoms with Crippen LogP contribution in [0.2, 0.25) is 0 Å². The molecule has 1 heterocycles. The Morgan fingerprint density at radius 1 is 1.43 bits per heavy atom. The molecule has 1 unspecified atom stereocenters. The van der Waals surface area contributed by atoms with E-state index in [-0.39, 0.29) is 0 Å². The minimum Gasteiger partial charge on any atom is -0.338 e. The van der Waals surface area contributed by atoms with E-state index in [0.717, 1.165) is 25.7 Å². The second-order valence-electron chi connectivity index (χ2n) is 3.83. The highest BCUT2D eigenvalue weighted by molar-refractivity contribution is 5.79. The summed E-state index contributed by atoms with van der Waals surface area (Å²) in [4.78, 5) is 12.3. The van der Waals surface area contributed by atoms with Crippen molar-refractivity contribution in [1.82, 2.24) is 4.90 Å². The lowest BCUT2D eigenvalue weighted by molar-refractivity contribution is -0.142. The van der Waals surface area contributed by atoms with E-state index >= 15 is 0 Å². The molecule has 0 saturated carbocycles. The third kappa shape index (κ3) is 2.93. The van der Waals surface area contributed by atoms with Crippen molar-refractivity contribution in [2.24, 2.45) is 5.92 Å². The Hall–Kier alpha value is -0.670. The van der Waals surface area contributed by atoms with Gasteiger partial charge in [0.25, 0.3) is 5.91 Å². The van der Waals surface area contributed by atoms with Gasteiger partial charge in [0.1, 0.15) is 0 Å². The zero-order valence-electron chi connectivity index (χ0n) is 8.51. The van der Waals surface area contributed by atoms with Gasteiger partial charge in [-0.2, -0.15) is 8.78 Å². The van der Waals surface area contributed by atoms with Gasteiger partial charge in [0.15, 0.2) is 0 Å². The molecular weight excluding hydrogens is 188 g/mol. The zero-order chi connectivity index (χ0) is 10.6. The number of nitrogens with zero attached hydrogens (tertiary/aromatic N) is 1. The molecule has 0 spiro atoms. The van der Waals surface area contributed by atoms with E-state index in [0.29, 0.717) is 19.0 Å². The topological polar surface area (TPSA) is 20.3 Å².